The number of aliphatic hydroxyl groups excluding tert-OH is 2. The van der Waals surface area contributed by atoms with E-state index < -0.39 is 28.8 Å². The Morgan fingerprint density at radius 2 is 1.73 bits per heavy atom. The Labute approximate surface area is 66.1 Å². The SMILES string of the molecule is CC(CO)(CO)[N-]S(C)(=O)=O. The lowest BCUT2D eigenvalue weighted by molar-refractivity contribution is 0.156. The lowest BCUT2D eigenvalue weighted by atomic mass is 10.1. The van der Waals surface area contributed by atoms with Crippen LogP contribution in [-0.2, 0) is 10.0 Å². The van der Waals surface area contributed by atoms with Crippen LogP contribution in [0.15, 0.2) is 0 Å². The highest BCUT2D eigenvalue weighted by atomic mass is 32.2. The van der Waals surface area contributed by atoms with E-state index in [-0.39, 0.29) is 0 Å². The average molecular weight is 182 g/mol. The predicted molar refractivity (Wildman–Crippen MR) is 40.8 cm³/mol. The van der Waals surface area contributed by atoms with Crippen molar-refractivity contribution in [1.29, 1.82) is 0 Å². The van der Waals surface area contributed by atoms with Crippen molar-refractivity contribution in [3.05, 3.63) is 4.72 Å². The first-order valence-corrected chi connectivity index (χ1v) is 4.84. The van der Waals surface area contributed by atoms with E-state index in [1.807, 2.05) is 0 Å². The van der Waals surface area contributed by atoms with Crippen molar-refractivity contribution in [2.24, 2.45) is 0 Å². The van der Waals surface area contributed by atoms with Gasteiger partial charge in [0.05, 0.1) is 10.0 Å². The maximum Gasteiger partial charge on any atom is 0.0697 e. The molecular formula is C5H12NO4S-. The smallest absolute Gasteiger partial charge is 0.0697 e. The number of aliphatic hydroxyl groups is 2. The molecule has 0 fully saturated rings. The summed E-state index contributed by atoms with van der Waals surface area (Å²) in [7, 11) is -3.50. The molecule has 0 aromatic heterocycles. The minimum atomic E-state index is -3.50. The van der Waals surface area contributed by atoms with Gasteiger partial charge in [-0.1, -0.05) is 12.5 Å². The van der Waals surface area contributed by atoms with Crippen molar-refractivity contribution in [3.63, 3.8) is 0 Å². The summed E-state index contributed by atoms with van der Waals surface area (Å²) in [6, 6.07) is 0. The maximum atomic E-state index is 10.6. The number of hydrogen-bond acceptors (Lipinski definition) is 4. The third-order valence-electron chi connectivity index (χ3n) is 1.07. The fourth-order valence-electron chi connectivity index (χ4n) is 0.508. The summed E-state index contributed by atoms with van der Waals surface area (Å²) in [5, 5.41) is 17.3. The van der Waals surface area contributed by atoms with Crippen LogP contribution in [0.3, 0.4) is 0 Å². The molecule has 0 aliphatic rings. The zero-order chi connectivity index (χ0) is 9.12. The molecule has 0 atom stereocenters. The molecule has 0 radical (unpaired) electrons. The van der Waals surface area contributed by atoms with Gasteiger partial charge in [0.15, 0.2) is 0 Å². The number of hydrogen-bond donors (Lipinski definition) is 2. The van der Waals surface area contributed by atoms with Crippen LogP contribution in [0.1, 0.15) is 6.92 Å². The van der Waals surface area contributed by atoms with Crippen molar-refractivity contribution in [3.8, 4) is 0 Å². The van der Waals surface area contributed by atoms with Gasteiger partial charge in [0, 0.05) is 19.5 Å². The standard InChI is InChI=1S/C5H12NO4S/c1-5(3-7,4-8)6-11(2,9)10/h7-8H,3-4H2,1-2H3/q-1. The summed E-state index contributed by atoms with van der Waals surface area (Å²) >= 11 is 0. The Hall–Kier alpha value is -0.170. The quantitative estimate of drug-likeness (QED) is 0.587. The third-order valence-corrected chi connectivity index (χ3v) is 1.84. The molecule has 68 valence electrons. The molecule has 0 aromatic carbocycles. The lowest BCUT2D eigenvalue weighted by Crippen LogP contribution is -2.34. The van der Waals surface area contributed by atoms with Crippen molar-refractivity contribution in [2.45, 2.75) is 12.5 Å². The van der Waals surface area contributed by atoms with Crippen molar-refractivity contribution < 1.29 is 18.6 Å². The van der Waals surface area contributed by atoms with E-state index in [0.717, 1.165) is 6.26 Å². The summed E-state index contributed by atoms with van der Waals surface area (Å²) in [6.45, 7) is 0.376. The minimum absolute atomic E-state index is 0.490. The number of rotatable bonds is 4. The molecule has 0 spiro atoms. The third kappa shape index (κ3) is 4.31. The second-order valence-electron chi connectivity index (χ2n) is 2.64. The van der Waals surface area contributed by atoms with Crippen molar-refractivity contribution >= 4 is 10.0 Å². The molecule has 2 N–H and O–H groups in total. The highest BCUT2D eigenvalue weighted by Crippen LogP contribution is 2.18. The average Bonchev–Trinajstić information content (AvgIpc) is 1.84. The Bertz CT molecular complexity index is 207. The highest BCUT2D eigenvalue weighted by molar-refractivity contribution is 7.93. The van der Waals surface area contributed by atoms with E-state index in [1.165, 1.54) is 6.92 Å². The Morgan fingerprint density at radius 1 is 1.36 bits per heavy atom. The molecule has 0 saturated carbocycles. The first-order chi connectivity index (χ1) is 4.83. The number of sulfonamides is 1. The second-order valence-corrected chi connectivity index (χ2v) is 4.29. The van der Waals surface area contributed by atoms with Gasteiger partial charge in [-0.2, -0.15) is 0 Å². The van der Waals surface area contributed by atoms with Crippen LogP contribution < -0.4 is 0 Å². The molecule has 0 heterocycles. The van der Waals surface area contributed by atoms with Crippen LogP contribution in [-0.4, -0.2) is 43.6 Å². The van der Waals surface area contributed by atoms with Crippen LogP contribution >= 0.6 is 0 Å². The van der Waals surface area contributed by atoms with Crippen molar-refractivity contribution in [1.82, 2.24) is 0 Å². The largest absolute Gasteiger partial charge is 0.540 e. The van der Waals surface area contributed by atoms with Crippen molar-refractivity contribution in [2.75, 3.05) is 19.5 Å². The fraction of sp³-hybridized carbons (Fsp3) is 1.00. The molecule has 6 heteroatoms. The monoisotopic (exact) mass is 182 g/mol. The molecule has 0 rings (SSSR count). The normalized spacial score (nSPS) is 13.5. The maximum absolute atomic E-state index is 10.6. The van der Waals surface area contributed by atoms with E-state index >= 15 is 0 Å². The van der Waals surface area contributed by atoms with Crippen LogP contribution in [0.2, 0.25) is 0 Å². The molecule has 0 aliphatic heterocycles. The summed E-state index contributed by atoms with van der Waals surface area (Å²) in [6.07, 6.45) is 0.913. The molecule has 0 bridgehead atoms. The molecule has 0 aliphatic carbocycles. The summed E-state index contributed by atoms with van der Waals surface area (Å²) in [4.78, 5) is 0. The molecule has 0 amide bonds. The van der Waals surface area contributed by atoms with Gasteiger partial charge < -0.3 is 14.9 Å². The Balaban J connectivity index is 4.32. The molecule has 5 nitrogen and oxygen atoms in total. The predicted octanol–water partition coefficient (Wildman–Crippen LogP) is -0.937. The zero-order valence-electron chi connectivity index (χ0n) is 6.48. The van der Waals surface area contributed by atoms with E-state index in [0.29, 0.717) is 0 Å². The summed E-state index contributed by atoms with van der Waals surface area (Å²) in [5.74, 6) is 0. The topological polar surface area (TPSA) is 88.7 Å². The van der Waals surface area contributed by atoms with Gasteiger partial charge >= 0.3 is 0 Å². The fourth-order valence-corrected chi connectivity index (χ4v) is 1.42. The van der Waals surface area contributed by atoms with Gasteiger partial charge in [-0.25, -0.2) is 8.42 Å². The first kappa shape index (κ1) is 10.8. The highest BCUT2D eigenvalue weighted by Gasteiger charge is 2.13. The molecule has 0 unspecified atom stereocenters. The van der Waals surface area contributed by atoms with E-state index in [1.54, 1.807) is 0 Å². The van der Waals surface area contributed by atoms with Crippen LogP contribution in [0, 0.1) is 0 Å². The zero-order valence-corrected chi connectivity index (χ0v) is 7.30. The molecular weight excluding hydrogens is 170 g/mol. The van der Waals surface area contributed by atoms with E-state index in [9.17, 15) is 8.42 Å². The van der Waals surface area contributed by atoms with Gasteiger partial charge in [0.2, 0.25) is 0 Å². The van der Waals surface area contributed by atoms with Gasteiger partial charge in [0.25, 0.3) is 0 Å². The molecule has 0 aromatic rings. The Kier molecular flexibility index (Phi) is 3.43. The summed E-state index contributed by atoms with van der Waals surface area (Å²) < 4.78 is 24.4. The van der Waals surface area contributed by atoms with Gasteiger partial charge in [0.1, 0.15) is 0 Å². The van der Waals surface area contributed by atoms with Crippen LogP contribution in [0.5, 0.6) is 0 Å². The molecule has 11 heavy (non-hydrogen) atoms. The van der Waals surface area contributed by atoms with Crippen LogP contribution in [0.4, 0.5) is 0 Å². The van der Waals surface area contributed by atoms with E-state index in [2.05, 4.69) is 4.72 Å². The lowest BCUT2D eigenvalue weighted by Gasteiger charge is -2.38. The van der Waals surface area contributed by atoms with E-state index in [4.69, 9.17) is 10.2 Å². The summed E-state index contributed by atoms with van der Waals surface area (Å²) in [5.41, 5.74) is -1.28. The van der Waals surface area contributed by atoms with Gasteiger partial charge in [-0.3, -0.25) is 0 Å². The Morgan fingerprint density at radius 3 is 1.82 bits per heavy atom. The minimum Gasteiger partial charge on any atom is -0.540 e. The first-order valence-electron chi connectivity index (χ1n) is 2.99. The van der Waals surface area contributed by atoms with Crippen LogP contribution in [0.25, 0.3) is 4.72 Å². The molecule has 0 saturated heterocycles. The van der Waals surface area contributed by atoms with Gasteiger partial charge in [-0.05, 0) is 0 Å². The number of nitrogens with zero attached hydrogens (tertiary/aromatic N) is 1. The second kappa shape index (κ2) is 3.48. The van der Waals surface area contributed by atoms with Gasteiger partial charge in [-0.15, -0.1) is 0 Å².